The number of carbonyl (C=O) groups excluding carboxylic acids is 1. The summed E-state index contributed by atoms with van der Waals surface area (Å²) in [5, 5.41) is 2.79. The first-order valence-corrected chi connectivity index (χ1v) is 5.92. The van der Waals surface area contributed by atoms with Crippen LogP contribution in [0.2, 0.25) is 0 Å². The van der Waals surface area contributed by atoms with Crippen LogP contribution < -0.4 is 10.1 Å². The molecule has 5 heteroatoms. The second-order valence-electron chi connectivity index (χ2n) is 3.90. The van der Waals surface area contributed by atoms with Crippen molar-refractivity contribution < 1.29 is 18.3 Å². The number of carbonyl (C=O) groups is 1. The van der Waals surface area contributed by atoms with E-state index < -0.39 is 6.61 Å². The van der Waals surface area contributed by atoms with Gasteiger partial charge < -0.3 is 10.1 Å². The molecule has 0 fully saturated rings. The molecule has 0 aliphatic carbocycles. The maximum absolute atomic E-state index is 11.9. The number of hydrogen-bond donors (Lipinski definition) is 1. The first kappa shape index (κ1) is 14.4. The molecule has 0 unspecified atom stereocenters. The molecule has 3 nitrogen and oxygen atoms in total. The zero-order chi connectivity index (χ0) is 13.4. The maximum Gasteiger partial charge on any atom is 0.387 e. The van der Waals surface area contributed by atoms with Crippen LogP contribution in [-0.2, 0) is 11.2 Å². The highest BCUT2D eigenvalue weighted by atomic mass is 19.3. The standard InChI is InChI=1S/C13H17F2NO2/c1-2-3-8-16-12(17)9-10-4-6-11(7-5-10)18-13(14)15/h4-7,13H,2-3,8-9H2,1H3,(H,16,17). The van der Waals surface area contributed by atoms with E-state index in [-0.39, 0.29) is 18.1 Å². The molecule has 0 aromatic heterocycles. The molecule has 1 N–H and O–H groups in total. The number of benzene rings is 1. The molecule has 18 heavy (non-hydrogen) atoms. The van der Waals surface area contributed by atoms with Gasteiger partial charge in [0.2, 0.25) is 5.91 Å². The summed E-state index contributed by atoms with van der Waals surface area (Å²) in [5.41, 5.74) is 0.769. The Bertz CT molecular complexity index is 366. The zero-order valence-corrected chi connectivity index (χ0v) is 10.3. The highest BCUT2D eigenvalue weighted by molar-refractivity contribution is 5.78. The van der Waals surface area contributed by atoms with Gasteiger partial charge in [0.15, 0.2) is 0 Å². The van der Waals surface area contributed by atoms with Gasteiger partial charge in [0.25, 0.3) is 0 Å². The Morgan fingerprint density at radius 3 is 2.56 bits per heavy atom. The zero-order valence-electron chi connectivity index (χ0n) is 10.3. The van der Waals surface area contributed by atoms with Crippen molar-refractivity contribution in [1.29, 1.82) is 0 Å². The Hall–Kier alpha value is -1.65. The second-order valence-corrected chi connectivity index (χ2v) is 3.90. The Kier molecular flexibility index (Phi) is 6.11. The molecule has 0 aliphatic heterocycles. The molecule has 1 amide bonds. The molecule has 0 aliphatic rings. The smallest absolute Gasteiger partial charge is 0.387 e. The average molecular weight is 257 g/mol. The fourth-order valence-corrected chi connectivity index (χ4v) is 1.44. The predicted molar refractivity (Wildman–Crippen MR) is 64.7 cm³/mol. The number of rotatable bonds is 7. The van der Waals surface area contributed by atoms with Gasteiger partial charge in [-0.3, -0.25) is 4.79 Å². The summed E-state index contributed by atoms with van der Waals surface area (Å²) in [7, 11) is 0. The van der Waals surface area contributed by atoms with Gasteiger partial charge >= 0.3 is 6.61 Å². The van der Waals surface area contributed by atoms with Gasteiger partial charge in [-0.25, -0.2) is 0 Å². The van der Waals surface area contributed by atoms with Gasteiger partial charge in [0.1, 0.15) is 5.75 Å². The Morgan fingerprint density at radius 1 is 1.33 bits per heavy atom. The minimum Gasteiger partial charge on any atom is -0.435 e. The molecule has 0 spiro atoms. The van der Waals surface area contributed by atoms with E-state index in [0.717, 1.165) is 18.4 Å². The van der Waals surface area contributed by atoms with E-state index in [4.69, 9.17) is 0 Å². The average Bonchev–Trinajstić information content (AvgIpc) is 2.31. The van der Waals surface area contributed by atoms with Crippen molar-refractivity contribution in [2.45, 2.75) is 32.8 Å². The minimum absolute atomic E-state index is 0.0639. The van der Waals surface area contributed by atoms with Crippen LogP contribution in [0.15, 0.2) is 24.3 Å². The van der Waals surface area contributed by atoms with Crippen LogP contribution in [0.1, 0.15) is 25.3 Å². The summed E-state index contributed by atoms with van der Waals surface area (Å²) in [6.07, 6.45) is 2.23. The van der Waals surface area contributed by atoms with Crippen LogP contribution in [0.3, 0.4) is 0 Å². The van der Waals surface area contributed by atoms with E-state index in [1.54, 1.807) is 12.1 Å². The molecular weight excluding hydrogens is 240 g/mol. The Labute approximate surface area is 105 Å². The van der Waals surface area contributed by atoms with Gasteiger partial charge in [-0.15, -0.1) is 0 Å². The Balaban J connectivity index is 2.40. The normalized spacial score (nSPS) is 10.4. The van der Waals surface area contributed by atoms with E-state index in [2.05, 4.69) is 10.1 Å². The lowest BCUT2D eigenvalue weighted by atomic mass is 10.1. The second kappa shape index (κ2) is 7.63. The van der Waals surface area contributed by atoms with E-state index in [1.807, 2.05) is 6.92 Å². The SMILES string of the molecule is CCCCNC(=O)Cc1ccc(OC(F)F)cc1. The number of nitrogens with one attached hydrogen (secondary N) is 1. The fraction of sp³-hybridized carbons (Fsp3) is 0.462. The van der Waals surface area contributed by atoms with Crippen LogP contribution in [0.25, 0.3) is 0 Å². The van der Waals surface area contributed by atoms with Crippen LogP contribution in [0.5, 0.6) is 5.75 Å². The molecule has 0 saturated carbocycles. The van der Waals surface area contributed by atoms with Crippen molar-refractivity contribution >= 4 is 5.91 Å². The highest BCUT2D eigenvalue weighted by Crippen LogP contribution is 2.15. The van der Waals surface area contributed by atoms with Gasteiger partial charge in [-0.1, -0.05) is 25.5 Å². The van der Waals surface area contributed by atoms with Crippen LogP contribution in [0.4, 0.5) is 8.78 Å². The van der Waals surface area contributed by atoms with Crippen molar-refractivity contribution in [3.8, 4) is 5.75 Å². The summed E-state index contributed by atoms with van der Waals surface area (Å²) in [4.78, 5) is 11.5. The first-order chi connectivity index (χ1) is 8.61. The van der Waals surface area contributed by atoms with Gasteiger partial charge in [0.05, 0.1) is 6.42 Å². The molecular formula is C13H17F2NO2. The van der Waals surface area contributed by atoms with E-state index >= 15 is 0 Å². The van der Waals surface area contributed by atoms with Gasteiger partial charge in [-0.05, 0) is 24.1 Å². The molecule has 0 bridgehead atoms. The topological polar surface area (TPSA) is 38.3 Å². The monoisotopic (exact) mass is 257 g/mol. The molecule has 1 rings (SSSR count). The maximum atomic E-state index is 11.9. The molecule has 0 heterocycles. The fourth-order valence-electron chi connectivity index (χ4n) is 1.44. The van der Waals surface area contributed by atoms with Crippen molar-refractivity contribution in [2.24, 2.45) is 0 Å². The number of unbranched alkanes of at least 4 members (excludes halogenated alkanes) is 1. The number of amides is 1. The van der Waals surface area contributed by atoms with E-state index in [0.29, 0.717) is 6.54 Å². The van der Waals surface area contributed by atoms with Gasteiger partial charge in [0, 0.05) is 6.54 Å². The lowest BCUT2D eigenvalue weighted by molar-refractivity contribution is -0.120. The largest absolute Gasteiger partial charge is 0.435 e. The van der Waals surface area contributed by atoms with E-state index in [9.17, 15) is 13.6 Å². The van der Waals surface area contributed by atoms with Crippen molar-refractivity contribution in [2.75, 3.05) is 6.54 Å². The van der Waals surface area contributed by atoms with Gasteiger partial charge in [-0.2, -0.15) is 8.78 Å². The molecule has 100 valence electrons. The summed E-state index contributed by atoms with van der Waals surface area (Å²) in [5.74, 6) is 0.0334. The predicted octanol–water partition coefficient (Wildman–Crippen LogP) is 2.75. The third kappa shape index (κ3) is 5.61. The highest BCUT2D eigenvalue weighted by Gasteiger charge is 2.05. The van der Waals surface area contributed by atoms with Crippen molar-refractivity contribution in [1.82, 2.24) is 5.32 Å². The minimum atomic E-state index is -2.83. The molecule has 1 aromatic rings. The summed E-state index contributed by atoms with van der Waals surface area (Å²) in [6, 6.07) is 6.08. The number of alkyl halides is 2. The molecule has 1 aromatic carbocycles. The van der Waals surface area contributed by atoms with Crippen molar-refractivity contribution in [3.05, 3.63) is 29.8 Å². The summed E-state index contributed by atoms with van der Waals surface area (Å²) in [6.45, 7) is -0.108. The summed E-state index contributed by atoms with van der Waals surface area (Å²) < 4.78 is 28.1. The summed E-state index contributed by atoms with van der Waals surface area (Å²) >= 11 is 0. The number of ether oxygens (including phenoxy) is 1. The van der Waals surface area contributed by atoms with Crippen LogP contribution in [-0.4, -0.2) is 19.1 Å². The first-order valence-electron chi connectivity index (χ1n) is 5.92. The third-order valence-electron chi connectivity index (χ3n) is 2.37. The lowest BCUT2D eigenvalue weighted by Crippen LogP contribution is -2.25. The lowest BCUT2D eigenvalue weighted by Gasteiger charge is -2.06. The third-order valence-corrected chi connectivity index (χ3v) is 2.37. The quantitative estimate of drug-likeness (QED) is 0.763. The molecule has 0 radical (unpaired) electrons. The number of halogens is 2. The van der Waals surface area contributed by atoms with Crippen LogP contribution in [0, 0.1) is 0 Å². The number of hydrogen-bond acceptors (Lipinski definition) is 2. The van der Waals surface area contributed by atoms with Crippen LogP contribution >= 0.6 is 0 Å². The Morgan fingerprint density at radius 2 is 2.00 bits per heavy atom. The van der Waals surface area contributed by atoms with Crippen molar-refractivity contribution in [3.63, 3.8) is 0 Å². The van der Waals surface area contributed by atoms with E-state index in [1.165, 1.54) is 12.1 Å². The molecule has 0 atom stereocenters. The molecule has 0 saturated heterocycles.